The number of rotatable bonds is 9. The maximum atomic E-state index is 12.4. The van der Waals surface area contributed by atoms with Crippen molar-refractivity contribution in [1.29, 1.82) is 0 Å². The van der Waals surface area contributed by atoms with E-state index >= 15 is 0 Å². The van der Waals surface area contributed by atoms with Crippen molar-refractivity contribution >= 4 is 11.6 Å². The lowest BCUT2D eigenvalue weighted by molar-refractivity contribution is -0.120. The smallest absolute Gasteiger partial charge is 0.224 e. The zero-order chi connectivity index (χ0) is 23.8. The highest BCUT2D eigenvalue weighted by atomic mass is 16.5. The Bertz CT molecular complexity index is 900. The van der Waals surface area contributed by atoms with Crippen molar-refractivity contribution in [3.63, 3.8) is 0 Å². The van der Waals surface area contributed by atoms with E-state index in [2.05, 4.69) is 46.4 Å². The van der Waals surface area contributed by atoms with Gasteiger partial charge in [0, 0.05) is 37.4 Å². The van der Waals surface area contributed by atoms with Crippen molar-refractivity contribution < 1.29 is 9.53 Å². The van der Waals surface area contributed by atoms with Crippen molar-refractivity contribution in [2.75, 3.05) is 38.7 Å². The minimum Gasteiger partial charge on any atom is -0.496 e. The number of ether oxygens (including phenoxy) is 1. The number of benzene rings is 2. The molecule has 34 heavy (non-hydrogen) atoms. The fraction of sp³-hybridized carbons (Fsp3) is 0.552. The standard InChI is InChI=1S/C29H41N3O2/c1-31(25-9-4-3-5-10-25)26-17-20-32(21-18-26)27-14-12-23(13-15-27)22-29(33)30-19-16-24-8-6-7-11-28(24)34-2/h6-8,11-15,25-26H,3-5,9-10,16-22H2,1-2H3,(H,30,33). The molecule has 0 bridgehead atoms. The van der Waals surface area contributed by atoms with Gasteiger partial charge in [0.2, 0.25) is 5.91 Å². The summed E-state index contributed by atoms with van der Waals surface area (Å²) >= 11 is 0. The lowest BCUT2D eigenvalue weighted by Gasteiger charge is -2.42. The number of carbonyl (C=O) groups excluding carboxylic acids is 1. The molecule has 1 aliphatic heterocycles. The van der Waals surface area contributed by atoms with Gasteiger partial charge in [0.15, 0.2) is 0 Å². The van der Waals surface area contributed by atoms with E-state index in [0.29, 0.717) is 13.0 Å². The number of anilines is 1. The molecule has 1 N–H and O–H groups in total. The lowest BCUT2D eigenvalue weighted by atomic mass is 9.92. The molecule has 1 amide bonds. The van der Waals surface area contributed by atoms with Gasteiger partial charge in [-0.15, -0.1) is 0 Å². The highest BCUT2D eigenvalue weighted by Gasteiger charge is 2.27. The van der Waals surface area contributed by atoms with Crippen LogP contribution in [0.1, 0.15) is 56.1 Å². The minimum absolute atomic E-state index is 0.0641. The van der Waals surface area contributed by atoms with Gasteiger partial charge in [0.1, 0.15) is 5.75 Å². The summed E-state index contributed by atoms with van der Waals surface area (Å²) in [5, 5.41) is 3.04. The summed E-state index contributed by atoms with van der Waals surface area (Å²) in [4.78, 5) is 17.6. The van der Waals surface area contributed by atoms with Crippen LogP contribution in [0.25, 0.3) is 0 Å². The van der Waals surface area contributed by atoms with Crippen LogP contribution in [0.3, 0.4) is 0 Å². The maximum absolute atomic E-state index is 12.4. The molecule has 0 radical (unpaired) electrons. The van der Waals surface area contributed by atoms with Crippen LogP contribution in [-0.4, -0.2) is 56.7 Å². The first-order valence-electron chi connectivity index (χ1n) is 13.1. The molecule has 2 aromatic carbocycles. The Morgan fingerprint density at radius 1 is 0.971 bits per heavy atom. The third-order valence-electron chi connectivity index (χ3n) is 7.77. The number of hydrogen-bond donors (Lipinski definition) is 1. The second kappa shape index (κ2) is 12.3. The molecule has 184 valence electrons. The van der Waals surface area contributed by atoms with Gasteiger partial charge in [0.05, 0.1) is 13.5 Å². The van der Waals surface area contributed by atoms with E-state index in [-0.39, 0.29) is 5.91 Å². The van der Waals surface area contributed by atoms with Crippen molar-refractivity contribution in [2.24, 2.45) is 0 Å². The van der Waals surface area contributed by atoms with Crippen molar-refractivity contribution in [3.8, 4) is 5.75 Å². The normalized spacial score (nSPS) is 17.7. The van der Waals surface area contributed by atoms with Crippen LogP contribution in [-0.2, 0) is 17.6 Å². The second-order valence-electron chi connectivity index (χ2n) is 9.93. The number of nitrogens with zero attached hydrogens (tertiary/aromatic N) is 2. The van der Waals surface area contributed by atoms with Crippen molar-refractivity contribution in [1.82, 2.24) is 10.2 Å². The van der Waals surface area contributed by atoms with Gasteiger partial charge in [-0.3, -0.25) is 4.79 Å². The second-order valence-corrected chi connectivity index (χ2v) is 9.93. The summed E-state index contributed by atoms with van der Waals surface area (Å²) < 4.78 is 5.39. The van der Waals surface area contributed by atoms with Gasteiger partial charge >= 0.3 is 0 Å². The first kappa shape index (κ1) is 24.6. The average molecular weight is 464 g/mol. The number of carbonyl (C=O) groups is 1. The van der Waals surface area contributed by atoms with Gasteiger partial charge < -0.3 is 19.9 Å². The SMILES string of the molecule is COc1ccccc1CCNC(=O)Cc1ccc(N2CCC(N(C)C3CCCCC3)CC2)cc1. The molecule has 5 heteroatoms. The number of piperidine rings is 1. The van der Waals surface area contributed by atoms with E-state index in [1.165, 1.54) is 50.6 Å². The fourth-order valence-corrected chi connectivity index (χ4v) is 5.64. The van der Waals surface area contributed by atoms with Gasteiger partial charge in [-0.05, 0) is 68.5 Å². The molecule has 1 aliphatic carbocycles. The van der Waals surface area contributed by atoms with E-state index in [1.807, 2.05) is 24.3 Å². The van der Waals surface area contributed by atoms with Crippen LogP contribution in [0.2, 0.25) is 0 Å². The van der Waals surface area contributed by atoms with Crippen LogP contribution in [0.15, 0.2) is 48.5 Å². The Kier molecular flexibility index (Phi) is 8.86. The third-order valence-corrected chi connectivity index (χ3v) is 7.77. The molecule has 2 fully saturated rings. The van der Waals surface area contributed by atoms with Gasteiger partial charge in [-0.2, -0.15) is 0 Å². The number of amides is 1. The molecule has 0 aromatic heterocycles. The molecule has 2 aromatic rings. The topological polar surface area (TPSA) is 44.8 Å². The molecule has 1 saturated carbocycles. The van der Waals surface area contributed by atoms with Crippen molar-refractivity contribution in [2.45, 2.75) is 69.9 Å². The maximum Gasteiger partial charge on any atom is 0.224 e. The molecular formula is C29H41N3O2. The van der Waals surface area contributed by atoms with Crippen molar-refractivity contribution in [3.05, 3.63) is 59.7 Å². The Morgan fingerprint density at radius 2 is 1.65 bits per heavy atom. The largest absolute Gasteiger partial charge is 0.496 e. The first-order valence-corrected chi connectivity index (χ1v) is 13.1. The Labute approximate surface area is 205 Å². The monoisotopic (exact) mass is 463 g/mol. The average Bonchev–Trinajstić information content (AvgIpc) is 2.89. The summed E-state index contributed by atoms with van der Waals surface area (Å²) in [6, 6.07) is 18.1. The Hall–Kier alpha value is -2.53. The summed E-state index contributed by atoms with van der Waals surface area (Å²) in [5.74, 6) is 0.936. The fourth-order valence-electron chi connectivity index (χ4n) is 5.64. The molecule has 4 rings (SSSR count). The molecule has 2 aliphatic rings. The molecule has 1 saturated heterocycles. The van der Waals surface area contributed by atoms with Crippen LogP contribution < -0.4 is 15.0 Å². The highest BCUT2D eigenvalue weighted by Crippen LogP contribution is 2.28. The van der Waals surface area contributed by atoms with Crippen LogP contribution in [0, 0.1) is 0 Å². The third kappa shape index (κ3) is 6.53. The highest BCUT2D eigenvalue weighted by molar-refractivity contribution is 5.78. The zero-order valence-electron chi connectivity index (χ0n) is 21.0. The van der Waals surface area contributed by atoms with Gasteiger partial charge in [-0.1, -0.05) is 49.6 Å². The number of methoxy groups -OCH3 is 1. The molecule has 1 heterocycles. The predicted molar refractivity (Wildman–Crippen MR) is 140 cm³/mol. The summed E-state index contributed by atoms with van der Waals surface area (Å²) in [7, 11) is 4.03. The number of nitrogens with one attached hydrogen (secondary N) is 1. The molecule has 0 spiro atoms. The van der Waals surface area contributed by atoms with E-state index in [4.69, 9.17) is 4.74 Å². The van der Waals surface area contributed by atoms with E-state index in [9.17, 15) is 4.79 Å². The zero-order valence-corrected chi connectivity index (χ0v) is 21.0. The number of para-hydroxylation sites is 1. The summed E-state index contributed by atoms with van der Waals surface area (Å²) in [6.07, 6.45) is 10.6. The Balaban J connectivity index is 1.20. The quantitative estimate of drug-likeness (QED) is 0.579. The van der Waals surface area contributed by atoms with Crippen LogP contribution in [0.5, 0.6) is 5.75 Å². The summed E-state index contributed by atoms with van der Waals surface area (Å²) in [6.45, 7) is 2.84. The first-order chi connectivity index (χ1) is 16.6. The van der Waals surface area contributed by atoms with E-state index in [1.54, 1.807) is 7.11 Å². The number of hydrogen-bond acceptors (Lipinski definition) is 4. The van der Waals surface area contributed by atoms with E-state index in [0.717, 1.165) is 48.5 Å². The molecule has 5 nitrogen and oxygen atoms in total. The van der Waals surface area contributed by atoms with Crippen LogP contribution in [0.4, 0.5) is 5.69 Å². The predicted octanol–water partition coefficient (Wildman–Crippen LogP) is 4.83. The molecule has 0 unspecified atom stereocenters. The van der Waals surface area contributed by atoms with Crippen LogP contribution >= 0.6 is 0 Å². The summed E-state index contributed by atoms with van der Waals surface area (Å²) in [5.41, 5.74) is 3.45. The molecule has 0 atom stereocenters. The lowest BCUT2D eigenvalue weighted by Crippen LogP contribution is -2.47. The Morgan fingerprint density at radius 3 is 2.35 bits per heavy atom. The minimum atomic E-state index is 0.0641. The van der Waals surface area contributed by atoms with E-state index < -0.39 is 0 Å². The van der Waals surface area contributed by atoms with Gasteiger partial charge in [-0.25, -0.2) is 0 Å². The van der Waals surface area contributed by atoms with Gasteiger partial charge in [0.25, 0.3) is 0 Å². The molecular weight excluding hydrogens is 422 g/mol.